The number of esters is 2. The second kappa shape index (κ2) is 24.3. The summed E-state index contributed by atoms with van der Waals surface area (Å²) in [6.45, 7) is 2.39. The molecule has 12 heteroatoms. The average molecular weight is 483 g/mol. The quantitative estimate of drug-likeness (QED) is 0.0730. The van der Waals surface area contributed by atoms with Crippen LogP contribution in [-0.2, 0) is 28.2 Å². The van der Waals surface area contributed by atoms with E-state index < -0.39 is 39.1 Å². The SMILES string of the molecule is CC#CC#CC#CC(=O)OC[C@@H](COP(=O)([O-])[O-])OC(=O)CCCCCCC.N.[HH].[HH].[HH].[HH].[HH].[Na+].[Na+]. The van der Waals surface area contributed by atoms with Crippen LogP contribution in [0.4, 0.5) is 0 Å². The van der Waals surface area contributed by atoms with Crippen molar-refractivity contribution in [1.29, 1.82) is 0 Å². The Labute approximate surface area is 235 Å². The molecule has 0 saturated heterocycles. The first-order valence-electron chi connectivity index (χ1n) is 8.74. The number of phosphoric ester groups is 1. The Morgan fingerprint density at radius 2 is 1.61 bits per heavy atom. The molecular formula is C19H36NNa2O8P. The first-order valence-corrected chi connectivity index (χ1v) is 10.2. The van der Waals surface area contributed by atoms with E-state index in [4.69, 9.17) is 9.47 Å². The molecule has 0 amide bonds. The summed E-state index contributed by atoms with van der Waals surface area (Å²) >= 11 is 0. The maximum Gasteiger partial charge on any atom is 1.00 e. The molecule has 0 bridgehead atoms. The van der Waals surface area contributed by atoms with E-state index in [1.165, 1.54) is 0 Å². The number of carbonyl (C=O) groups is 2. The van der Waals surface area contributed by atoms with Gasteiger partial charge in [0.25, 0.3) is 0 Å². The summed E-state index contributed by atoms with van der Waals surface area (Å²) in [4.78, 5) is 44.5. The summed E-state index contributed by atoms with van der Waals surface area (Å²) < 4.78 is 24.5. The van der Waals surface area contributed by atoms with Crippen molar-refractivity contribution in [3.63, 3.8) is 0 Å². The number of unbranched alkanes of at least 4 members (excludes halogenated alkanes) is 4. The second-order valence-electron chi connectivity index (χ2n) is 5.49. The van der Waals surface area contributed by atoms with Crippen LogP contribution in [0, 0.1) is 35.5 Å². The van der Waals surface area contributed by atoms with Crippen LogP contribution in [-0.4, -0.2) is 31.3 Å². The average Bonchev–Trinajstić information content (AvgIpc) is 2.63. The van der Waals surface area contributed by atoms with E-state index >= 15 is 0 Å². The number of rotatable bonds is 12. The van der Waals surface area contributed by atoms with Gasteiger partial charge in [-0.1, -0.05) is 38.5 Å². The van der Waals surface area contributed by atoms with Crippen LogP contribution >= 0.6 is 7.82 Å². The monoisotopic (exact) mass is 483 g/mol. The van der Waals surface area contributed by atoms with Crippen LogP contribution in [0.5, 0.6) is 0 Å². The number of hydrogen-bond acceptors (Lipinski definition) is 9. The molecule has 0 aromatic carbocycles. The van der Waals surface area contributed by atoms with Crippen molar-refractivity contribution in [1.82, 2.24) is 6.15 Å². The van der Waals surface area contributed by atoms with Crippen LogP contribution in [0.3, 0.4) is 0 Å². The van der Waals surface area contributed by atoms with Crippen molar-refractivity contribution in [2.75, 3.05) is 13.2 Å². The predicted molar refractivity (Wildman–Crippen MR) is 112 cm³/mol. The van der Waals surface area contributed by atoms with Crippen molar-refractivity contribution >= 4 is 19.8 Å². The Morgan fingerprint density at radius 1 is 1.00 bits per heavy atom. The van der Waals surface area contributed by atoms with Gasteiger partial charge in [-0.3, -0.25) is 4.79 Å². The molecule has 172 valence electrons. The van der Waals surface area contributed by atoms with Gasteiger partial charge < -0.3 is 34.5 Å². The van der Waals surface area contributed by atoms with E-state index in [2.05, 4.69) is 47.0 Å². The fraction of sp³-hybridized carbons (Fsp3) is 0.579. The molecule has 0 aliphatic carbocycles. The zero-order chi connectivity index (χ0) is 21.3. The van der Waals surface area contributed by atoms with Crippen LogP contribution in [0.25, 0.3) is 0 Å². The normalized spacial score (nSPS) is 9.81. The van der Waals surface area contributed by atoms with Crippen LogP contribution in [0.15, 0.2) is 0 Å². The van der Waals surface area contributed by atoms with E-state index in [1.54, 1.807) is 6.92 Å². The van der Waals surface area contributed by atoms with Gasteiger partial charge in [0.05, 0.1) is 14.4 Å². The van der Waals surface area contributed by atoms with Gasteiger partial charge >= 0.3 is 71.1 Å². The maximum atomic E-state index is 11.8. The molecule has 0 aliphatic rings. The molecule has 0 aromatic heterocycles. The molecule has 9 nitrogen and oxygen atoms in total. The third-order valence-corrected chi connectivity index (χ3v) is 3.54. The minimum absolute atomic E-state index is 0. The molecule has 0 spiro atoms. The molecule has 0 radical (unpaired) electrons. The Kier molecular flexibility index (Phi) is 29.8. The van der Waals surface area contributed by atoms with Gasteiger partial charge in [0, 0.05) is 19.5 Å². The summed E-state index contributed by atoms with van der Waals surface area (Å²) in [5.41, 5.74) is 0. The zero-order valence-electron chi connectivity index (χ0n) is 18.7. The topological polar surface area (TPSA) is 160 Å². The standard InChI is InChI=1S/C19H25O8P.H3N.2Na.5H2/c1-3-5-7-9-11-13-18(20)25-15-17(16-26-28(22,23)24)27-19(21)14-12-10-8-6-4-2;;;;;;;;/h17H,4,6,8,10,12,14-16H2,1-2H3,(H2,22,23,24);1H3;;;5*1H/q;;2*+1;;;;;/p-2/t17-;;;;;;;;/m0......../s1. The molecule has 1 atom stereocenters. The molecule has 0 saturated carbocycles. The summed E-state index contributed by atoms with van der Waals surface area (Å²) in [5, 5.41) is 0. The first-order chi connectivity index (χ1) is 13.3. The van der Waals surface area contributed by atoms with E-state index in [1.807, 2.05) is 0 Å². The van der Waals surface area contributed by atoms with Crippen molar-refractivity contribution in [2.45, 2.75) is 58.5 Å². The van der Waals surface area contributed by atoms with Crippen molar-refractivity contribution in [2.24, 2.45) is 0 Å². The molecule has 0 rings (SSSR count). The number of carbonyl (C=O) groups excluding carboxylic acids is 2. The maximum absolute atomic E-state index is 11.8. The van der Waals surface area contributed by atoms with Crippen LogP contribution < -0.4 is 75.1 Å². The summed E-state index contributed by atoms with van der Waals surface area (Å²) in [5.74, 6) is 12.3. The number of hydrogen-bond donors (Lipinski definition) is 1. The van der Waals surface area contributed by atoms with E-state index in [0.29, 0.717) is 6.42 Å². The molecular weight excluding hydrogens is 447 g/mol. The molecule has 31 heavy (non-hydrogen) atoms. The third kappa shape index (κ3) is 27.7. The largest absolute Gasteiger partial charge is 1.00 e. The molecule has 0 aliphatic heterocycles. The molecule has 0 aromatic rings. The van der Waals surface area contributed by atoms with Gasteiger partial charge in [-0.05, 0) is 37.0 Å². The minimum Gasteiger partial charge on any atom is -0.790 e. The van der Waals surface area contributed by atoms with Crippen molar-refractivity contribution < 1.29 is 104 Å². The van der Waals surface area contributed by atoms with Crippen molar-refractivity contribution in [3.05, 3.63) is 0 Å². The van der Waals surface area contributed by atoms with Crippen molar-refractivity contribution in [3.8, 4) is 35.5 Å². The molecule has 3 N–H and O–H groups in total. The smallest absolute Gasteiger partial charge is 0.790 e. The Bertz CT molecular complexity index is 758. The number of phosphoric acid groups is 1. The summed E-state index contributed by atoms with van der Waals surface area (Å²) in [7, 11) is -5.26. The summed E-state index contributed by atoms with van der Waals surface area (Å²) in [6.07, 6.45) is 3.47. The minimum atomic E-state index is -5.26. The zero-order valence-corrected chi connectivity index (χ0v) is 23.5. The van der Waals surface area contributed by atoms with E-state index in [0.717, 1.165) is 25.7 Å². The Morgan fingerprint density at radius 3 is 2.19 bits per heavy atom. The fourth-order valence-electron chi connectivity index (χ4n) is 1.82. The van der Waals surface area contributed by atoms with Crippen LogP contribution in [0.2, 0.25) is 0 Å². The van der Waals surface area contributed by atoms with Gasteiger partial charge in [-0.25, -0.2) is 4.79 Å². The number of ether oxygens (including phenoxy) is 2. The molecule has 0 fully saturated rings. The van der Waals surface area contributed by atoms with E-state index in [9.17, 15) is 23.9 Å². The Hall–Kier alpha value is -0.310. The molecule has 0 heterocycles. The Balaban J connectivity index is -0.000000130. The fourth-order valence-corrected chi connectivity index (χ4v) is 2.17. The first kappa shape index (κ1) is 38.0. The predicted octanol–water partition coefficient (Wildman–Crippen LogP) is -3.92. The van der Waals surface area contributed by atoms with Gasteiger partial charge in [-0.2, -0.15) is 0 Å². The summed E-state index contributed by atoms with van der Waals surface area (Å²) in [6, 6.07) is 0. The van der Waals surface area contributed by atoms with Crippen LogP contribution in [0.1, 0.15) is 59.5 Å². The van der Waals surface area contributed by atoms with E-state index in [-0.39, 0.29) is 78.8 Å². The van der Waals surface area contributed by atoms with Gasteiger partial charge in [0.15, 0.2) is 6.10 Å². The van der Waals surface area contributed by atoms with Gasteiger partial charge in [0.1, 0.15) is 6.61 Å². The van der Waals surface area contributed by atoms with Gasteiger partial charge in [-0.15, -0.1) is 0 Å². The third-order valence-electron chi connectivity index (χ3n) is 3.08. The molecule has 0 unspecified atom stereocenters. The second-order valence-corrected chi connectivity index (χ2v) is 6.65. The van der Waals surface area contributed by atoms with Gasteiger partial charge in [0.2, 0.25) is 0 Å².